The topological polar surface area (TPSA) is 97.0 Å². The third-order valence-electron chi connectivity index (χ3n) is 3.35. The maximum Gasteiger partial charge on any atom is 0.331 e. The highest BCUT2D eigenvalue weighted by molar-refractivity contribution is 6.00. The molecule has 7 nitrogen and oxygen atoms in total. The Balaban J connectivity index is 2.23. The van der Waals surface area contributed by atoms with E-state index >= 15 is 0 Å². The molecule has 0 spiro atoms. The van der Waals surface area contributed by atoms with Gasteiger partial charge in [0.15, 0.2) is 0 Å². The van der Waals surface area contributed by atoms with Crippen LogP contribution < -0.4 is 5.32 Å². The highest BCUT2D eigenvalue weighted by atomic mass is 16.5. The van der Waals surface area contributed by atoms with E-state index in [-0.39, 0.29) is 5.91 Å². The minimum Gasteiger partial charge on any atom is -0.467 e. The molecule has 2 aromatic rings. The van der Waals surface area contributed by atoms with Gasteiger partial charge in [-0.3, -0.25) is 4.79 Å². The van der Waals surface area contributed by atoms with Gasteiger partial charge in [0.2, 0.25) is 0 Å². The molecular formula is C14H18N4O3. The van der Waals surface area contributed by atoms with Gasteiger partial charge in [-0.25, -0.2) is 4.79 Å². The van der Waals surface area contributed by atoms with Crippen LogP contribution in [0.4, 0.5) is 0 Å². The Kier molecular flexibility index (Phi) is 4.21. The van der Waals surface area contributed by atoms with Crippen LogP contribution in [0, 0.1) is 0 Å². The number of ether oxygens (including phenoxy) is 1. The van der Waals surface area contributed by atoms with Crippen LogP contribution in [0.25, 0.3) is 11.0 Å². The lowest BCUT2D eigenvalue weighted by Gasteiger charge is -2.27. The van der Waals surface area contributed by atoms with Crippen molar-refractivity contribution in [1.82, 2.24) is 20.7 Å². The second kappa shape index (κ2) is 5.90. The minimum absolute atomic E-state index is 0.346. The molecule has 112 valence electrons. The smallest absolute Gasteiger partial charge is 0.331 e. The van der Waals surface area contributed by atoms with Gasteiger partial charge in [-0.1, -0.05) is 13.3 Å². The van der Waals surface area contributed by atoms with Gasteiger partial charge in [-0.15, -0.1) is 0 Å². The van der Waals surface area contributed by atoms with Crippen molar-refractivity contribution in [3.05, 3.63) is 23.8 Å². The number of rotatable bonds is 5. The van der Waals surface area contributed by atoms with Gasteiger partial charge in [0.25, 0.3) is 5.91 Å². The number of methoxy groups -OCH3 is 1. The summed E-state index contributed by atoms with van der Waals surface area (Å²) in [7, 11) is 1.31. The molecule has 0 radical (unpaired) electrons. The number of carbonyl (C=O) groups excluding carboxylic acids is 2. The fraction of sp³-hybridized carbons (Fsp3) is 0.429. The molecular weight excluding hydrogens is 272 g/mol. The van der Waals surface area contributed by atoms with Crippen LogP contribution >= 0.6 is 0 Å². The standard InChI is InChI=1S/C14H18N4O3/c1-4-7-14(2,13(20)21-3)15-12(19)9-5-6-10-11(8-9)17-18-16-10/h5-6,8H,4,7H2,1-3H3,(H,15,19)(H,16,17,18). The van der Waals surface area contributed by atoms with E-state index in [9.17, 15) is 9.59 Å². The molecule has 1 amide bonds. The molecule has 0 fully saturated rings. The molecule has 2 rings (SSSR count). The Labute approximate surface area is 122 Å². The summed E-state index contributed by atoms with van der Waals surface area (Å²) in [5.41, 5.74) is 0.649. The van der Waals surface area contributed by atoms with Crippen molar-refractivity contribution >= 4 is 22.9 Å². The zero-order valence-electron chi connectivity index (χ0n) is 12.3. The van der Waals surface area contributed by atoms with E-state index in [0.717, 1.165) is 6.42 Å². The van der Waals surface area contributed by atoms with Crippen molar-refractivity contribution in [3.8, 4) is 0 Å². The Morgan fingerprint density at radius 2 is 2.05 bits per heavy atom. The molecule has 1 atom stereocenters. The molecule has 1 aromatic carbocycles. The predicted octanol–water partition coefficient (Wildman–Crippen LogP) is 1.42. The van der Waals surface area contributed by atoms with Crippen LogP contribution in [0.2, 0.25) is 0 Å². The Bertz CT molecular complexity index is 667. The van der Waals surface area contributed by atoms with Crippen LogP contribution in [0.15, 0.2) is 18.2 Å². The zero-order valence-corrected chi connectivity index (χ0v) is 12.3. The number of fused-ring (bicyclic) bond motifs is 1. The maximum absolute atomic E-state index is 12.3. The maximum atomic E-state index is 12.3. The van der Waals surface area contributed by atoms with Crippen LogP contribution in [0.5, 0.6) is 0 Å². The van der Waals surface area contributed by atoms with Gasteiger partial charge in [-0.05, 0) is 31.5 Å². The van der Waals surface area contributed by atoms with E-state index in [1.54, 1.807) is 25.1 Å². The first-order chi connectivity index (χ1) is 10.00. The van der Waals surface area contributed by atoms with Crippen LogP contribution in [-0.4, -0.2) is 39.9 Å². The number of esters is 1. The molecule has 0 aliphatic rings. The van der Waals surface area contributed by atoms with Crippen molar-refractivity contribution in [3.63, 3.8) is 0 Å². The van der Waals surface area contributed by atoms with E-state index in [2.05, 4.69) is 20.7 Å². The Hall–Kier alpha value is -2.44. The third kappa shape index (κ3) is 3.01. The number of nitrogens with one attached hydrogen (secondary N) is 2. The summed E-state index contributed by atoms with van der Waals surface area (Å²) >= 11 is 0. The Morgan fingerprint density at radius 1 is 1.33 bits per heavy atom. The predicted molar refractivity (Wildman–Crippen MR) is 76.7 cm³/mol. The molecule has 0 aliphatic heterocycles. The second-order valence-electron chi connectivity index (χ2n) is 5.05. The van der Waals surface area contributed by atoms with Crippen LogP contribution in [0.1, 0.15) is 37.0 Å². The third-order valence-corrected chi connectivity index (χ3v) is 3.35. The van der Waals surface area contributed by atoms with Crippen molar-refractivity contribution in [1.29, 1.82) is 0 Å². The van der Waals surface area contributed by atoms with E-state index in [0.29, 0.717) is 23.0 Å². The molecule has 21 heavy (non-hydrogen) atoms. The zero-order chi connectivity index (χ0) is 15.5. The number of aromatic nitrogens is 3. The number of H-pyrrole nitrogens is 1. The monoisotopic (exact) mass is 290 g/mol. The molecule has 1 heterocycles. The van der Waals surface area contributed by atoms with Gasteiger partial charge < -0.3 is 10.1 Å². The average molecular weight is 290 g/mol. The number of hydrogen-bond acceptors (Lipinski definition) is 5. The first kappa shape index (κ1) is 15.0. The fourth-order valence-electron chi connectivity index (χ4n) is 2.25. The lowest BCUT2D eigenvalue weighted by Crippen LogP contribution is -2.52. The average Bonchev–Trinajstić information content (AvgIpc) is 2.93. The molecule has 2 N–H and O–H groups in total. The largest absolute Gasteiger partial charge is 0.467 e. The molecule has 0 saturated heterocycles. The number of carbonyl (C=O) groups is 2. The van der Waals surface area contributed by atoms with Gasteiger partial charge in [0, 0.05) is 5.56 Å². The summed E-state index contributed by atoms with van der Waals surface area (Å²) in [6.07, 6.45) is 1.24. The summed E-state index contributed by atoms with van der Waals surface area (Å²) < 4.78 is 4.78. The number of amides is 1. The molecule has 1 aromatic heterocycles. The van der Waals surface area contributed by atoms with Crippen molar-refractivity contribution in [2.24, 2.45) is 0 Å². The summed E-state index contributed by atoms with van der Waals surface area (Å²) in [6, 6.07) is 4.96. The minimum atomic E-state index is -1.04. The first-order valence-electron chi connectivity index (χ1n) is 6.71. The second-order valence-corrected chi connectivity index (χ2v) is 5.05. The van der Waals surface area contributed by atoms with Crippen molar-refractivity contribution in [2.75, 3.05) is 7.11 Å². The van der Waals surface area contributed by atoms with Crippen LogP contribution in [-0.2, 0) is 9.53 Å². The Morgan fingerprint density at radius 3 is 2.71 bits per heavy atom. The first-order valence-corrected chi connectivity index (χ1v) is 6.71. The molecule has 0 saturated carbocycles. The number of nitrogens with zero attached hydrogens (tertiary/aromatic N) is 2. The van der Waals surface area contributed by atoms with Gasteiger partial charge in [0.1, 0.15) is 16.6 Å². The summed E-state index contributed by atoms with van der Waals surface area (Å²) in [6.45, 7) is 3.60. The summed E-state index contributed by atoms with van der Waals surface area (Å²) in [5.74, 6) is -0.804. The number of benzene rings is 1. The highest BCUT2D eigenvalue weighted by Gasteiger charge is 2.35. The number of aromatic amines is 1. The lowest BCUT2D eigenvalue weighted by atomic mass is 9.95. The summed E-state index contributed by atoms with van der Waals surface area (Å²) in [4.78, 5) is 24.2. The van der Waals surface area contributed by atoms with Crippen LogP contribution in [0.3, 0.4) is 0 Å². The molecule has 7 heteroatoms. The highest BCUT2D eigenvalue weighted by Crippen LogP contribution is 2.17. The van der Waals surface area contributed by atoms with E-state index in [4.69, 9.17) is 4.74 Å². The van der Waals surface area contributed by atoms with Crippen molar-refractivity contribution < 1.29 is 14.3 Å². The quantitative estimate of drug-likeness (QED) is 0.812. The van der Waals surface area contributed by atoms with Crippen molar-refractivity contribution in [2.45, 2.75) is 32.2 Å². The fourth-order valence-corrected chi connectivity index (χ4v) is 2.25. The summed E-state index contributed by atoms with van der Waals surface area (Å²) in [5, 5.41) is 13.1. The molecule has 0 aliphatic carbocycles. The van der Waals surface area contributed by atoms with E-state index in [1.165, 1.54) is 7.11 Å². The van der Waals surface area contributed by atoms with Gasteiger partial charge in [-0.2, -0.15) is 15.4 Å². The van der Waals surface area contributed by atoms with Gasteiger partial charge in [0.05, 0.1) is 7.11 Å². The normalized spacial score (nSPS) is 13.7. The van der Waals surface area contributed by atoms with E-state index < -0.39 is 11.5 Å². The molecule has 0 bridgehead atoms. The number of hydrogen-bond donors (Lipinski definition) is 2. The lowest BCUT2D eigenvalue weighted by molar-refractivity contribution is -0.147. The molecule has 1 unspecified atom stereocenters. The van der Waals surface area contributed by atoms with E-state index in [1.807, 2.05) is 6.92 Å². The SMILES string of the molecule is CCCC(C)(NC(=O)c1ccc2n[nH]nc2c1)C(=O)OC. The van der Waals surface area contributed by atoms with Gasteiger partial charge >= 0.3 is 5.97 Å².